The predicted molar refractivity (Wildman–Crippen MR) is 62.9 cm³/mol. The van der Waals surface area contributed by atoms with Crippen molar-refractivity contribution in [1.82, 2.24) is 5.32 Å². The van der Waals surface area contributed by atoms with Crippen molar-refractivity contribution >= 4 is 33.5 Å². The maximum atomic E-state index is 11.5. The number of nitrogens with two attached hydrogens (primary N) is 1. The molecule has 86 valence electrons. The van der Waals surface area contributed by atoms with Crippen molar-refractivity contribution in [2.45, 2.75) is 0 Å². The molecule has 0 aliphatic heterocycles. The molecule has 1 aromatic rings. The minimum atomic E-state index is -0.581. The molecule has 0 unspecified atom stereocenters. The van der Waals surface area contributed by atoms with Crippen LogP contribution in [-0.2, 0) is 9.53 Å². The minimum Gasteiger partial charge on any atom is -0.452 e. The number of nitrogens with one attached hydrogen (secondary N) is 1. The SMILES string of the molecule is CNC(=O)COC(=O)c1ccc(Br)c(N)c1. The number of carbonyl (C=O) groups excluding carboxylic acids is 2. The van der Waals surface area contributed by atoms with E-state index in [2.05, 4.69) is 21.2 Å². The van der Waals surface area contributed by atoms with Gasteiger partial charge in [0.25, 0.3) is 5.91 Å². The highest BCUT2D eigenvalue weighted by molar-refractivity contribution is 9.10. The van der Waals surface area contributed by atoms with Crippen LogP contribution >= 0.6 is 15.9 Å². The van der Waals surface area contributed by atoms with E-state index >= 15 is 0 Å². The molecule has 0 fully saturated rings. The van der Waals surface area contributed by atoms with Crippen molar-refractivity contribution in [3.05, 3.63) is 28.2 Å². The Balaban J connectivity index is 2.66. The van der Waals surface area contributed by atoms with Crippen molar-refractivity contribution < 1.29 is 14.3 Å². The van der Waals surface area contributed by atoms with Crippen LogP contribution < -0.4 is 11.1 Å². The lowest BCUT2D eigenvalue weighted by molar-refractivity contribution is -0.123. The van der Waals surface area contributed by atoms with Crippen LogP contribution in [-0.4, -0.2) is 25.5 Å². The Morgan fingerprint density at radius 2 is 2.19 bits per heavy atom. The lowest BCUT2D eigenvalue weighted by Gasteiger charge is -2.05. The number of benzene rings is 1. The summed E-state index contributed by atoms with van der Waals surface area (Å²) >= 11 is 3.21. The summed E-state index contributed by atoms with van der Waals surface area (Å²) in [6.45, 7) is -0.300. The van der Waals surface area contributed by atoms with E-state index < -0.39 is 5.97 Å². The molecule has 1 aromatic carbocycles. The van der Waals surface area contributed by atoms with Crippen LogP contribution in [0.15, 0.2) is 22.7 Å². The van der Waals surface area contributed by atoms with Gasteiger partial charge in [-0.05, 0) is 34.1 Å². The van der Waals surface area contributed by atoms with E-state index in [9.17, 15) is 9.59 Å². The van der Waals surface area contributed by atoms with Gasteiger partial charge in [0.05, 0.1) is 5.56 Å². The number of hydrogen-bond donors (Lipinski definition) is 2. The second-order valence-electron chi connectivity index (χ2n) is 2.99. The van der Waals surface area contributed by atoms with Gasteiger partial charge in [0.15, 0.2) is 6.61 Å². The number of rotatable bonds is 3. The van der Waals surface area contributed by atoms with E-state index in [1.54, 1.807) is 12.1 Å². The summed E-state index contributed by atoms with van der Waals surface area (Å²) in [7, 11) is 1.47. The zero-order valence-electron chi connectivity index (χ0n) is 8.62. The summed E-state index contributed by atoms with van der Waals surface area (Å²) in [4.78, 5) is 22.3. The average Bonchev–Trinajstić information content (AvgIpc) is 2.29. The molecule has 1 rings (SSSR count). The molecule has 0 spiro atoms. The summed E-state index contributed by atoms with van der Waals surface area (Å²) < 4.78 is 5.46. The monoisotopic (exact) mass is 286 g/mol. The molecule has 1 amide bonds. The highest BCUT2D eigenvalue weighted by Gasteiger charge is 2.10. The third-order valence-corrected chi connectivity index (χ3v) is 2.57. The number of ether oxygens (including phenoxy) is 1. The third-order valence-electron chi connectivity index (χ3n) is 1.84. The molecule has 0 aromatic heterocycles. The Morgan fingerprint density at radius 3 is 2.75 bits per heavy atom. The first-order valence-electron chi connectivity index (χ1n) is 4.47. The van der Waals surface area contributed by atoms with Crippen LogP contribution in [0.25, 0.3) is 0 Å². The maximum absolute atomic E-state index is 11.5. The fraction of sp³-hybridized carbons (Fsp3) is 0.200. The molecule has 0 bridgehead atoms. The van der Waals surface area contributed by atoms with Crippen LogP contribution in [0.3, 0.4) is 0 Å². The van der Waals surface area contributed by atoms with Gasteiger partial charge in [0.1, 0.15) is 0 Å². The molecular formula is C10H11BrN2O3. The van der Waals surface area contributed by atoms with Crippen molar-refractivity contribution in [2.75, 3.05) is 19.4 Å². The standard InChI is InChI=1S/C10H11BrN2O3/c1-13-9(14)5-16-10(15)6-2-3-7(11)8(12)4-6/h2-4H,5,12H2,1H3,(H,13,14). The molecule has 0 radical (unpaired) electrons. The number of carbonyl (C=O) groups is 2. The van der Waals surface area contributed by atoms with Crippen LogP contribution in [0.2, 0.25) is 0 Å². The molecule has 0 aliphatic carbocycles. The molecule has 0 aliphatic rings. The Kier molecular flexibility index (Phi) is 4.30. The number of anilines is 1. The van der Waals surface area contributed by atoms with Gasteiger partial charge >= 0.3 is 5.97 Å². The van der Waals surface area contributed by atoms with E-state index in [-0.39, 0.29) is 12.5 Å². The second-order valence-corrected chi connectivity index (χ2v) is 3.84. The molecule has 0 saturated carbocycles. The first-order chi connectivity index (χ1) is 7.54. The Bertz CT molecular complexity index is 421. The summed E-state index contributed by atoms with van der Waals surface area (Å²) in [5.41, 5.74) is 6.36. The first kappa shape index (κ1) is 12.5. The normalized spacial score (nSPS) is 9.62. The molecule has 5 nitrogen and oxygen atoms in total. The number of hydrogen-bond acceptors (Lipinski definition) is 4. The number of likely N-dealkylation sites (N-methyl/N-ethyl adjacent to an activating group) is 1. The van der Waals surface area contributed by atoms with Crippen LogP contribution in [0, 0.1) is 0 Å². The quantitative estimate of drug-likeness (QED) is 0.640. The van der Waals surface area contributed by atoms with Gasteiger partial charge in [-0.2, -0.15) is 0 Å². The lowest BCUT2D eigenvalue weighted by atomic mass is 10.2. The number of nitrogen functional groups attached to an aromatic ring is 1. The van der Waals surface area contributed by atoms with E-state index in [1.165, 1.54) is 13.1 Å². The zero-order valence-corrected chi connectivity index (χ0v) is 10.2. The second kappa shape index (κ2) is 5.50. The van der Waals surface area contributed by atoms with E-state index in [0.717, 1.165) is 0 Å². The van der Waals surface area contributed by atoms with Crippen molar-refractivity contribution in [2.24, 2.45) is 0 Å². The van der Waals surface area contributed by atoms with Gasteiger partial charge in [-0.1, -0.05) is 0 Å². The summed E-state index contributed by atoms with van der Waals surface area (Å²) in [5, 5.41) is 2.34. The zero-order chi connectivity index (χ0) is 12.1. The fourth-order valence-corrected chi connectivity index (χ4v) is 1.20. The number of esters is 1. The summed E-state index contributed by atoms with van der Waals surface area (Å²) in [5.74, 6) is -0.943. The topological polar surface area (TPSA) is 81.4 Å². The number of amides is 1. The van der Waals surface area contributed by atoms with Gasteiger partial charge in [0.2, 0.25) is 0 Å². The predicted octanol–water partition coefficient (Wildman–Crippen LogP) is 0.934. The molecule has 3 N–H and O–H groups in total. The molecule has 16 heavy (non-hydrogen) atoms. The fourth-order valence-electron chi connectivity index (χ4n) is 0.957. The van der Waals surface area contributed by atoms with Gasteiger partial charge in [-0.3, -0.25) is 4.79 Å². The Morgan fingerprint density at radius 1 is 1.50 bits per heavy atom. The molecule has 0 saturated heterocycles. The molecule has 0 heterocycles. The largest absolute Gasteiger partial charge is 0.452 e. The Hall–Kier alpha value is -1.56. The van der Waals surface area contributed by atoms with Gasteiger partial charge in [-0.25, -0.2) is 4.79 Å². The average molecular weight is 287 g/mol. The van der Waals surface area contributed by atoms with E-state index in [1.807, 2.05) is 0 Å². The van der Waals surface area contributed by atoms with Crippen LogP contribution in [0.1, 0.15) is 10.4 Å². The third kappa shape index (κ3) is 3.23. The number of halogens is 1. The first-order valence-corrected chi connectivity index (χ1v) is 5.26. The van der Waals surface area contributed by atoms with Gasteiger partial charge < -0.3 is 15.8 Å². The van der Waals surface area contributed by atoms with E-state index in [4.69, 9.17) is 10.5 Å². The summed E-state index contributed by atoms with van der Waals surface area (Å²) in [6.07, 6.45) is 0. The van der Waals surface area contributed by atoms with Crippen LogP contribution in [0.5, 0.6) is 0 Å². The summed E-state index contributed by atoms with van der Waals surface area (Å²) in [6, 6.07) is 4.69. The van der Waals surface area contributed by atoms with E-state index in [0.29, 0.717) is 15.7 Å². The molecule has 0 atom stereocenters. The van der Waals surface area contributed by atoms with Gasteiger partial charge in [0, 0.05) is 17.2 Å². The van der Waals surface area contributed by atoms with Crippen molar-refractivity contribution in [1.29, 1.82) is 0 Å². The molecule has 6 heteroatoms. The lowest BCUT2D eigenvalue weighted by Crippen LogP contribution is -2.25. The highest BCUT2D eigenvalue weighted by atomic mass is 79.9. The highest BCUT2D eigenvalue weighted by Crippen LogP contribution is 2.20. The van der Waals surface area contributed by atoms with Crippen LogP contribution in [0.4, 0.5) is 5.69 Å². The van der Waals surface area contributed by atoms with Gasteiger partial charge in [-0.15, -0.1) is 0 Å². The maximum Gasteiger partial charge on any atom is 0.338 e. The van der Waals surface area contributed by atoms with Crippen molar-refractivity contribution in [3.63, 3.8) is 0 Å². The smallest absolute Gasteiger partial charge is 0.338 e. The molecular weight excluding hydrogens is 276 g/mol. The minimum absolute atomic E-state index is 0.300. The Labute approximate surface area is 101 Å². The van der Waals surface area contributed by atoms with Crippen molar-refractivity contribution in [3.8, 4) is 0 Å².